The van der Waals surface area contributed by atoms with Crippen molar-refractivity contribution in [3.63, 3.8) is 0 Å². The van der Waals surface area contributed by atoms with Crippen LogP contribution < -0.4 is 9.62 Å². The van der Waals surface area contributed by atoms with E-state index in [9.17, 15) is 8.42 Å². The van der Waals surface area contributed by atoms with E-state index in [1.54, 1.807) is 13.8 Å². The Kier molecular flexibility index (Phi) is 4.94. The zero-order chi connectivity index (χ0) is 15.3. The van der Waals surface area contributed by atoms with Gasteiger partial charge in [0.1, 0.15) is 23.9 Å². The van der Waals surface area contributed by atoms with Crippen molar-refractivity contribution >= 4 is 10.0 Å². The van der Waals surface area contributed by atoms with E-state index in [4.69, 9.17) is 9.57 Å². The van der Waals surface area contributed by atoms with Crippen molar-refractivity contribution in [1.29, 1.82) is 0 Å². The molecule has 0 spiro atoms. The molecule has 0 aliphatic rings. The largest absolute Gasteiger partial charge is 0.491 e. The molecule has 0 amide bonds. The van der Waals surface area contributed by atoms with Gasteiger partial charge in [0, 0.05) is 0 Å². The molecule has 0 aliphatic carbocycles. The Labute approximate surface area is 123 Å². The fourth-order valence-corrected chi connectivity index (χ4v) is 3.02. The van der Waals surface area contributed by atoms with Crippen molar-refractivity contribution in [2.24, 2.45) is 0 Å². The lowest BCUT2D eigenvalue weighted by atomic mass is 10.3. The minimum atomic E-state index is -3.74. The minimum absolute atomic E-state index is 0.0874. The van der Waals surface area contributed by atoms with E-state index < -0.39 is 10.0 Å². The molecule has 21 heavy (non-hydrogen) atoms. The topological polar surface area (TPSA) is 93.3 Å². The number of aromatic nitrogens is 2. The van der Waals surface area contributed by atoms with E-state index in [-0.39, 0.29) is 18.1 Å². The molecule has 1 heterocycles. The minimum Gasteiger partial charge on any atom is -0.491 e. The first-order valence-electron chi connectivity index (χ1n) is 6.34. The second-order valence-corrected chi connectivity index (χ2v) is 5.94. The van der Waals surface area contributed by atoms with Gasteiger partial charge in [-0.05, 0) is 26.0 Å². The molecule has 0 aliphatic heterocycles. The van der Waals surface area contributed by atoms with Crippen molar-refractivity contribution in [1.82, 2.24) is 15.1 Å². The van der Waals surface area contributed by atoms with Gasteiger partial charge in [-0.3, -0.25) is 9.94 Å². The number of nitrogens with one attached hydrogen (secondary N) is 2. The number of H-pyrrole nitrogens is 1. The highest BCUT2D eigenvalue weighted by molar-refractivity contribution is 7.89. The maximum atomic E-state index is 12.0. The summed E-state index contributed by atoms with van der Waals surface area (Å²) in [4.78, 5) is 7.11. The Morgan fingerprint density at radius 3 is 2.52 bits per heavy atom. The van der Waals surface area contributed by atoms with Gasteiger partial charge in [0.25, 0.3) is 10.0 Å². The summed E-state index contributed by atoms with van der Waals surface area (Å²) < 4.78 is 29.4. The third-order valence-corrected chi connectivity index (χ3v) is 4.17. The van der Waals surface area contributed by atoms with Gasteiger partial charge in [0.15, 0.2) is 0 Å². The number of nitrogens with zero attached hydrogens (tertiary/aromatic N) is 1. The summed E-state index contributed by atoms with van der Waals surface area (Å²) in [6.45, 7) is 3.56. The monoisotopic (exact) mass is 311 g/mol. The van der Waals surface area contributed by atoms with Crippen LogP contribution in [-0.2, 0) is 14.9 Å². The normalized spacial score (nSPS) is 11.5. The first kappa shape index (κ1) is 15.5. The molecule has 2 N–H and O–H groups in total. The number of aryl methyl sites for hydroxylation is 2. The third kappa shape index (κ3) is 4.03. The van der Waals surface area contributed by atoms with Gasteiger partial charge in [-0.2, -0.15) is 5.10 Å². The molecular weight excluding hydrogens is 294 g/mol. The maximum absolute atomic E-state index is 12.0. The van der Waals surface area contributed by atoms with Gasteiger partial charge in [0.05, 0.1) is 11.4 Å². The molecule has 0 bridgehead atoms. The second-order valence-electron chi connectivity index (χ2n) is 4.36. The second kappa shape index (κ2) is 6.70. The standard InChI is InChI=1S/C13H17N3O4S/c1-10-13(11(2)15-14-10)21(17,18)16-20-9-8-19-12-6-4-3-5-7-12/h3-7,16H,8-9H2,1-2H3,(H,14,15). The van der Waals surface area contributed by atoms with E-state index in [0.29, 0.717) is 17.1 Å². The molecule has 8 heteroatoms. The molecule has 1 aromatic heterocycles. The molecule has 7 nitrogen and oxygen atoms in total. The van der Waals surface area contributed by atoms with Crippen molar-refractivity contribution < 1.29 is 18.0 Å². The van der Waals surface area contributed by atoms with Crippen LogP contribution in [0.1, 0.15) is 11.4 Å². The summed E-state index contributed by atoms with van der Waals surface area (Å²) in [6, 6.07) is 9.20. The molecular formula is C13H17N3O4S. The van der Waals surface area contributed by atoms with Crippen LogP contribution >= 0.6 is 0 Å². The predicted molar refractivity (Wildman–Crippen MR) is 76.3 cm³/mol. The van der Waals surface area contributed by atoms with E-state index in [1.165, 1.54) is 0 Å². The zero-order valence-electron chi connectivity index (χ0n) is 11.8. The lowest BCUT2D eigenvalue weighted by Crippen LogP contribution is -2.27. The Bertz CT molecular complexity index is 663. The van der Waals surface area contributed by atoms with Crippen LogP contribution in [0.3, 0.4) is 0 Å². The van der Waals surface area contributed by atoms with Crippen molar-refractivity contribution in [2.75, 3.05) is 13.2 Å². The average Bonchev–Trinajstić information content (AvgIpc) is 2.79. The number of hydrogen-bond donors (Lipinski definition) is 2. The highest BCUT2D eigenvalue weighted by atomic mass is 32.2. The quantitative estimate of drug-likeness (QED) is 0.594. The Hall–Kier alpha value is -1.90. The molecule has 0 saturated carbocycles. The molecule has 0 atom stereocenters. The average molecular weight is 311 g/mol. The molecule has 0 unspecified atom stereocenters. The first-order chi connectivity index (χ1) is 10.0. The van der Waals surface area contributed by atoms with E-state index in [1.807, 2.05) is 30.3 Å². The highest BCUT2D eigenvalue weighted by Gasteiger charge is 2.22. The molecule has 114 valence electrons. The van der Waals surface area contributed by atoms with Crippen LogP contribution in [0.2, 0.25) is 0 Å². The van der Waals surface area contributed by atoms with Crippen molar-refractivity contribution in [2.45, 2.75) is 18.7 Å². The third-order valence-electron chi connectivity index (χ3n) is 2.70. The number of benzene rings is 1. The molecule has 0 saturated heterocycles. The maximum Gasteiger partial charge on any atom is 0.266 e. The van der Waals surface area contributed by atoms with Gasteiger partial charge >= 0.3 is 0 Å². The molecule has 2 rings (SSSR count). The zero-order valence-corrected chi connectivity index (χ0v) is 12.6. The summed E-state index contributed by atoms with van der Waals surface area (Å²) in [6.07, 6.45) is 0. The van der Waals surface area contributed by atoms with Gasteiger partial charge < -0.3 is 4.74 Å². The predicted octanol–water partition coefficient (Wildman–Crippen LogP) is 1.32. The number of sulfonamides is 1. The lowest BCUT2D eigenvalue weighted by Gasteiger charge is -2.08. The van der Waals surface area contributed by atoms with Gasteiger partial charge in [-0.25, -0.2) is 8.42 Å². The van der Waals surface area contributed by atoms with Gasteiger partial charge in [-0.15, -0.1) is 0 Å². The number of para-hydroxylation sites is 1. The van der Waals surface area contributed by atoms with E-state index >= 15 is 0 Å². The Morgan fingerprint density at radius 2 is 1.90 bits per heavy atom. The van der Waals surface area contributed by atoms with Crippen LogP contribution in [0.25, 0.3) is 0 Å². The van der Waals surface area contributed by atoms with Crippen LogP contribution in [0.15, 0.2) is 35.2 Å². The van der Waals surface area contributed by atoms with Crippen LogP contribution in [0.4, 0.5) is 0 Å². The summed E-state index contributed by atoms with van der Waals surface area (Å²) in [7, 11) is -3.74. The van der Waals surface area contributed by atoms with Gasteiger partial charge in [-0.1, -0.05) is 23.1 Å². The van der Waals surface area contributed by atoms with Crippen LogP contribution in [-0.4, -0.2) is 31.8 Å². The van der Waals surface area contributed by atoms with E-state index in [2.05, 4.69) is 15.1 Å². The smallest absolute Gasteiger partial charge is 0.266 e. The number of aromatic amines is 1. The first-order valence-corrected chi connectivity index (χ1v) is 7.82. The highest BCUT2D eigenvalue weighted by Crippen LogP contribution is 2.16. The lowest BCUT2D eigenvalue weighted by molar-refractivity contribution is 0.0665. The van der Waals surface area contributed by atoms with E-state index in [0.717, 1.165) is 0 Å². The van der Waals surface area contributed by atoms with Crippen molar-refractivity contribution in [3.8, 4) is 5.75 Å². The van der Waals surface area contributed by atoms with Crippen LogP contribution in [0.5, 0.6) is 5.75 Å². The van der Waals surface area contributed by atoms with Gasteiger partial charge in [0.2, 0.25) is 0 Å². The number of hydrogen-bond acceptors (Lipinski definition) is 5. The molecule has 0 fully saturated rings. The fourth-order valence-electron chi connectivity index (χ4n) is 1.82. The number of ether oxygens (including phenoxy) is 1. The molecule has 2 aromatic rings. The summed E-state index contributed by atoms with van der Waals surface area (Å²) in [5.41, 5.74) is 0.855. The summed E-state index contributed by atoms with van der Waals surface area (Å²) in [5.74, 6) is 0.700. The summed E-state index contributed by atoms with van der Waals surface area (Å²) in [5, 5.41) is 6.46. The van der Waals surface area contributed by atoms with Crippen molar-refractivity contribution in [3.05, 3.63) is 41.7 Å². The van der Waals surface area contributed by atoms with Crippen LogP contribution in [0, 0.1) is 13.8 Å². The Balaban J connectivity index is 1.81. The fraction of sp³-hybridized carbons (Fsp3) is 0.308. The molecule has 0 radical (unpaired) electrons. The Morgan fingerprint density at radius 1 is 1.19 bits per heavy atom. The molecule has 1 aromatic carbocycles. The summed E-state index contributed by atoms with van der Waals surface area (Å²) >= 11 is 0. The number of rotatable bonds is 7. The SMILES string of the molecule is Cc1n[nH]c(C)c1S(=O)(=O)NOCCOc1ccccc1.